The summed E-state index contributed by atoms with van der Waals surface area (Å²) in [6, 6.07) is 7.87. The van der Waals surface area contributed by atoms with Gasteiger partial charge in [-0.15, -0.1) is 0 Å². The summed E-state index contributed by atoms with van der Waals surface area (Å²) < 4.78 is 12.9. The first-order valence-electron chi connectivity index (χ1n) is 8.06. The zero-order chi connectivity index (χ0) is 16.9. The average Bonchev–Trinajstić information content (AvgIpc) is 2.62. The second-order valence-corrected chi connectivity index (χ2v) is 6.29. The predicted molar refractivity (Wildman–Crippen MR) is 92.7 cm³/mol. The molecule has 126 valence electrons. The Morgan fingerprint density at radius 3 is 2.58 bits per heavy atom. The number of halogens is 2. The molecule has 1 aromatic heterocycles. The number of likely N-dealkylation sites (tertiary alicyclic amines) is 1. The zero-order valence-corrected chi connectivity index (χ0v) is 14.0. The molecule has 1 aliphatic rings. The molecule has 1 aromatic carbocycles. The second kappa shape index (κ2) is 7.62. The van der Waals surface area contributed by atoms with Crippen molar-refractivity contribution >= 4 is 23.3 Å². The molecule has 6 heteroatoms. The van der Waals surface area contributed by atoms with E-state index in [2.05, 4.69) is 10.3 Å². The Balaban J connectivity index is 1.65. The topological polar surface area (TPSA) is 45.2 Å². The summed E-state index contributed by atoms with van der Waals surface area (Å²) in [7, 11) is 0. The van der Waals surface area contributed by atoms with E-state index in [9.17, 15) is 9.18 Å². The third-order valence-corrected chi connectivity index (χ3v) is 4.39. The van der Waals surface area contributed by atoms with Crippen LogP contribution < -0.4 is 5.32 Å². The zero-order valence-electron chi connectivity index (χ0n) is 13.3. The number of aromatic nitrogens is 1. The molecule has 1 aliphatic heterocycles. The lowest BCUT2D eigenvalue weighted by Gasteiger charge is -2.26. The van der Waals surface area contributed by atoms with Gasteiger partial charge in [-0.3, -0.25) is 4.79 Å². The van der Waals surface area contributed by atoms with Gasteiger partial charge in [-0.2, -0.15) is 0 Å². The quantitative estimate of drug-likeness (QED) is 0.905. The van der Waals surface area contributed by atoms with Crippen LogP contribution in [0.5, 0.6) is 0 Å². The van der Waals surface area contributed by atoms with Gasteiger partial charge in [0.15, 0.2) is 0 Å². The standard InChI is InChI=1S/C18H19ClFN3O/c19-16-10-14(18(24)23-8-2-1-3-9-23)12-22-17(16)21-11-13-4-6-15(20)7-5-13/h4-7,10,12H,1-3,8-9,11H2,(H,21,22). The van der Waals surface area contributed by atoms with E-state index in [4.69, 9.17) is 11.6 Å². The summed E-state index contributed by atoms with van der Waals surface area (Å²) >= 11 is 6.25. The van der Waals surface area contributed by atoms with Crippen LogP contribution in [0.4, 0.5) is 10.2 Å². The van der Waals surface area contributed by atoms with E-state index in [-0.39, 0.29) is 11.7 Å². The van der Waals surface area contributed by atoms with Crippen molar-refractivity contribution < 1.29 is 9.18 Å². The Morgan fingerprint density at radius 2 is 1.92 bits per heavy atom. The van der Waals surface area contributed by atoms with Crippen molar-refractivity contribution in [3.05, 3.63) is 58.5 Å². The lowest BCUT2D eigenvalue weighted by Crippen LogP contribution is -2.35. The van der Waals surface area contributed by atoms with E-state index in [1.807, 2.05) is 4.90 Å². The molecule has 1 fully saturated rings. The molecule has 0 radical (unpaired) electrons. The monoisotopic (exact) mass is 347 g/mol. The van der Waals surface area contributed by atoms with Crippen LogP contribution in [0.1, 0.15) is 35.2 Å². The molecule has 0 atom stereocenters. The minimum Gasteiger partial charge on any atom is -0.365 e. The first-order valence-corrected chi connectivity index (χ1v) is 8.44. The number of piperidine rings is 1. The van der Waals surface area contributed by atoms with E-state index in [1.165, 1.54) is 18.6 Å². The molecule has 0 spiro atoms. The van der Waals surface area contributed by atoms with Gasteiger partial charge in [-0.1, -0.05) is 23.7 Å². The molecule has 0 aliphatic carbocycles. The molecule has 4 nitrogen and oxygen atoms in total. The number of hydrogen-bond acceptors (Lipinski definition) is 3. The number of anilines is 1. The Morgan fingerprint density at radius 1 is 1.21 bits per heavy atom. The molecular weight excluding hydrogens is 329 g/mol. The van der Waals surface area contributed by atoms with Gasteiger partial charge >= 0.3 is 0 Å². The molecule has 0 saturated carbocycles. The highest BCUT2D eigenvalue weighted by atomic mass is 35.5. The molecule has 1 N–H and O–H groups in total. The van der Waals surface area contributed by atoms with Gasteiger partial charge in [0, 0.05) is 25.8 Å². The number of pyridine rings is 1. The van der Waals surface area contributed by atoms with Gasteiger partial charge in [0.2, 0.25) is 0 Å². The van der Waals surface area contributed by atoms with E-state index in [0.717, 1.165) is 31.5 Å². The lowest BCUT2D eigenvalue weighted by molar-refractivity contribution is 0.0724. The van der Waals surface area contributed by atoms with Crippen LogP contribution in [-0.4, -0.2) is 28.9 Å². The van der Waals surface area contributed by atoms with E-state index < -0.39 is 0 Å². The summed E-state index contributed by atoms with van der Waals surface area (Å²) in [6.45, 7) is 2.06. The fourth-order valence-electron chi connectivity index (χ4n) is 2.75. The summed E-state index contributed by atoms with van der Waals surface area (Å²) in [5.74, 6) is 0.223. The fraction of sp³-hybridized carbons (Fsp3) is 0.333. The van der Waals surface area contributed by atoms with Crippen LogP contribution in [0, 0.1) is 5.82 Å². The third kappa shape index (κ3) is 4.03. The number of amides is 1. The van der Waals surface area contributed by atoms with Crippen molar-refractivity contribution in [1.29, 1.82) is 0 Å². The van der Waals surface area contributed by atoms with Gasteiger partial charge in [0.25, 0.3) is 5.91 Å². The average molecular weight is 348 g/mol. The van der Waals surface area contributed by atoms with Crippen molar-refractivity contribution in [2.75, 3.05) is 18.4 Å². The Bertz CT molecular complexity index is 715. The molecule has 24 heavy (non-hydrogen) atoms. The van der Waals surface area contributed by atoms with Crippen molar-refractivity contribution in [3.63, 3.8) is 0 Å². The van der Waals surface area contributed by atoms with Crippen LogP contribution in [0.15, 0.2) is 36.5 Å². The molecule has 0 bridgehead atoms. The minimum absolute atomic E-state index is 0.0193. The SMILES string of the molecule is O=C(c1cnc(NCc2ccc(F)cc2)c(Cl)c1)N1CCCCC1. The van der Waals surface area contributed by atoms with Gasteiger partial charge in [-0.05, 0) is 43.0 Å². The smallest absolute Gasteiger partial charge is 0.255 e. The highest BCUT2D eigenvalue weighted by molar-refractivity contribution is 6.33. The van der Waals surface area contributed by atoms with Crippen LogP contribution in [-0.2, 0) is 6.54 Å². The maximum Gasteiger partial charge on any atom is 0.255 e. The van der Waals surface area contributed by atoms with Crippen LogP contribution >= 0.6 is 11.6 Å². The number of nitrogens with one attached hydrogen (secondary N) is 1. The number of carbonyl (C=O) groups is 1. The van der Waals surface area contributed by atoms with Crippen molar-refractivity contribution in [2.45, 2.75) is 25.8 Å². The maximum absolute atomic E-state index is 12.9. The fourth-order valence-corrected chi connectivity index (χ4v) is 2.99. The highest BCUT2D eigenvalue weighted by Gasteiger charge is 2.19. The number of rotatable bonds is 4. The molecule has 3 rings (SSSR count). The van der Waals surface area contributed by atoms with Gasteiger partial charge in [-0.25, -0.2) is 9.37 Å². The van der Waals surface area contributed by atoms with Crippen LogP contribution in [0.25, 0.3) is 0 Å². The number of benzene rings is 1. The molecular formula is C18H19ClFN3O. The molecule has 0 unspecified atom stereocenters. The molecule has 2 aromatic rings. The van der Waals surface area contributed by atoms with E-state index in [1.54, 1.807) is 24.4 Å². The largest absolute Gasteiger partial charge is 0.365 e. The summed E-state index contributed by atoms with van der Waals surface area (Å²) in [5, 5.41) is 3.51. The first kappa shape index (κ1) is 16.7. The maximum atomic E-state index is 12.9. The lowest BCUT2D eigenvalue weighted by atomic mass is 10.1. The summed E-state index contributed by atoms with van der Waals surface area (Å²) in [4.78, 5) is 18.6. The minimum atomic E-state index is -0.268. The molecule has 2 heterocycles. The van der Waals surface area contributed by atoms with E-state index >= 15 is 0 Å². The first-order chi connectivity index (χ1) is 11.6. The molecule has 1 saturated heterocycles. The van der Waals surface area contributed by atoms with Gasteiger partial charge in [0.05, 0.1) is 10.6 Å². The number of carbonyl (C=O) groups excluding carboxylic acids is 1. The Labute approximate surface area is 145 Å². The third-order valence-electron chi connectivity index (χ3n) is 4.10. The highest BCUT2D eigenvalue weighted by Crippen LogP contribution is 2.22. The van der Waals surface area contributed by atoms with Gasteiger partial charge in [0.1, 0.15) is 11.6 Å². The normalized spacial score (nSPS) is 14.5. The van der Waals surface area contributed by atoms with Crippen LogP contribution in [0.3, 0.4) is 0 Å². The second-order valence-electron chi connectivity index (χ2n) is 5.89. The predicted octanol–water partition coefficient (Wildman–Crippen LogP) is 4.11. The van der Waals surface area contributed by atoms with Gasteiger partial charge < -0.3 is 10.2 Å². The van der Waals surface area contributed by atoms with Crippen molar-refractivity contribution in [3.8, 4) is 0 Å². The van der Waals surface area contributed by atoms with Crippen molar-refractivity contribution in [1.82, 2.24) is 9.88 Å². The Kier molecular flexibility index (Phi) is 5.30. The van der Waals surface area contributed by atoms with E-state index in [0.29, 0.717) is 22.9 Å². The summed E-state index contributed by atoms with van der Waals surface area (Å²) in [6.07, 6.45) is 4.82. The molecule has 1 amide bonds. The summed E-state index contributed by atoms with van der Waals surface area (Å²) in [5.41, 5.74) is 1.43. The Hall–Kier alpha value is -2.14. The number of hydrogen-bond donors (Lipinski definition) is 1. The van der Waals surface area contributed by atoms with Crippen LogP contribution in [0.2, 0.25) is 5.02 Å². The number of nitrogens with zero attached hydrogens (tertiary/aromatic N) is 2. The van der Waals surface area contributed by atoms with Crippen molar-refractivity contribution in [2.24, 2.45) is 0 Å².